The highest BCUT2D eigenvalue weighted by Gasteiger charge is 2.34. The number of hydrogen-bond acceptors (Lipinski definition) is 4. The third kappa shape index (κ3) is 5.31. The van der Waals surface area contributed by atoms with Gasteiger partial charge in [-0.2, -0.15) is 0 Å². The molecule has 1 aliphatic rings. The molecule has 3 rings (SSSR count). The van der Waals surface area contributed by atoms with Crippen molar-refractivity contribution in [3.05, 3.63) is 51.4 Å². The van der Waals surface area contributed by atoms with Gasteiger partial charge in [0.25, 0.3) is 0 Å². The van der Waals surface area contributed by atoms with E-state index in [9.17, 15) is 9.59 Å². The summed E-state index contributed by atoms with van der Waals surface area (Å²) in [6, 6.07) is 8.24. The second kappa shape index (κ2) is 9.34. The summed E-state index contributed by atoms with van der Waals surface area (Å²) in [4.78, 5) is 26.6. The molecule has 1 unspecified atom stereocenters. The summed E-state index contributed by atoms with van der Waals surface area (Å²) in [5, 5.41) is 3.68. The molecule has 0 fully saturated rings. The van der Waals surface area contributed by atoms with Crippen molar-refractivity contribution in [2.75, 3.05) is 11.9 Å². The van der Waals surface area contributed by atoms with Crippen molar-refractivity contribution in [3.8, 4) is 0 Å². The van der Waals surface area contributed by atoms with E-state index in [0.29, 0.717) is 35.9 Å². The molecule has 0 aliphatic heterocycles. The Bertz CT molecular complexity index is 906. The van der Waals surface area contributed by atoms with Gasteiger partial charge >= 0.3 is 5.97 Å². The SMILES string of the molecule is CCOC(=O)c1c(NC(=O)CCc2ccc(C)cc2)sc2c1CCC(C(C)(C)C)C2. The summed E-state index contributed by atoms with van der Waals surface area (Å²) in [6.45, 7) is 11.0. The number of benzene rings is 1. The van der Waals surface area contributed by atoms with Crippen LogP contribution in [0, 0.1) is 18.3 Å². The normalized spacial score (nSPS) is 16.1. The third-order valence-electron chi connectivity index (χ3n) is 5.98. The Balaban J connectivity index is 1.77. The van der Waals surface area contributed by atoms with E-state index in [-0.39, 0.29) is 17.3 Å². The first kappa shape index (κ1) is 22.5. The zero-order valence-electron chi connectivity index (χ0n) is 18.8. The van der Waals surface area contributed by atoms with Crippen molar-refractivity contribution >= 4 is 28.2 Å². The minimum atomic E-state index is -0.321. The Morgan fingerprint density at radius 3 is 2.53 bits per heavy atom. The fraction of sp³-hybridized carbons (Fsp3) is 0.520. The number of hydrogen-bond donors (Lipinski definition) is 1. The molecule has 30 heavy (non-hydrogen) atoms. The van der Waals surface area contributed by atoms with Gasteiger partial charge in [-0.15, -0.1) is 11.3 Å². The molecule has 4 nitrogen and oxygen atoms in total. The van der Waals surface area contributed by atoms with Gasteiger partial charge in [0.2, 0.25) is 5.91 Å². The highest BCUT2D eigenvalue weighted by molar-refractivity contribution is 7.17. The summed E-state index contributed by atoms with van der Waals surface area (Å²) in [5.41, 5.74) is 4.23. The topological polar surface area (TPSA) is 55.4 Å². The average Bonchev–Trinajstić information content (AvgIpc) is 3.04. The molecule has 0 spiro atoms. The third-order valence-corrected chi connectivity index (χ3v) is 7.15. The lowest BCUT2D eigenvalue weighted by Gasteiger charge is -2.33. The number of anilines is 1. The number of thiophene rings is 1. The molecule has 0 saturated heterocycles. The molecule has 5 heteroatoms. The molecule has 162 valence electrons. The standard InChI is InChI=1S/C25H33NO3S/c1-6-29-24(28)22-19-13-12-18(25(3,4)5)15-20(19)30-23(22)26-21(27)14-11-17-9-7-16(2)8-10-17/h7-10,18H,6,11-15H2,1-5H3,(H,26,27). The summed E-state index contributed by atoms with van der Waals surface area (Å²) in [7, 11) is 0. The maximum absolute atomic E-state index is 12.7. The Morgan fingerprint density at radius 2 is 1.90 bits per heavy atom. The van der Waals surface area contributed by atoms with Crippen molar-refractivity contribution in [2.45, 2.75) is 66.7 Å². The molecule has 0 saturated carbocycles. The Kier molecular flexibility index (Phi) is 7.02. The molecule has 1 aliphatic carbocycles. The Labute approximate surface area is 184 Å². The minimum absolute atomic E-state index is 0.0629. The lowest BCUT2D eigenvalue weighted by atomic mass is 9.72. The summed E-state index contributed by atoms with van der Waals surface area (Å²) >= 11 is 1.56. The van der Waals surface area contributed by atoms with E-state index in [1.165, 1.54) is 10.4 Å². The number of aryl methyl sites for hydroxylation is 2. The van der Waals surface area contributed by atoms with Crippen LogP contribution in [-0.2, 0) is 28.8 Å². The summed E-state index contributed by atoms with van der Waals surface area (Å²) in [5.74, 6) is 0.189. The predicted molar refractivity (Wildman–Crippen MR) is 123 cm³/mol. The van der Waals surface area contributed by atoms with Gasteiger partial charge in [-0.25, -0.2) is 4.79 Å². The van der Waals surface area contributed by atoms with E-state index in [1.54, 1.807) is 11.3 Å². The smallest absolute Gasteiger partial charge is 0.341 e. The molecule has 1 amide bonds. The second-order valence-electron chi connectivity index (χ2n) is 9.27. The predicted octanol–water partition coefficient (Wildman–Crippen LogP) is 5.96. The molecule has 1 aromatic heterocycles. The van der Waals surface area contributed by atoms with Gasteiger partial charge in [0, 0.05) is 11.3 Å². The van der Waals surface area contributed by atoms with Crippen molar-refractivity contribution in [1.82, 2.24) is 0 Å². The molecule has 1 N–H and O–H groups in total. The quantitative estimate of drug-likeness (QED) is 0.579. The fourth-order valence-electron chi connectivity index (χ4n) is 4.03. The highest BCUT2D eigenvalue weighted by Crippen LogP contribution is 2.44. The van der Waals surface area contributed by atoms with Crippen LogP contribution >= 0.6 is 11.3 Å². The van der Waals surface area contributed by atoms with Gasteiger partial charge < -0.3 is 10.1 Å². The van der Waals surface area contributed by atoms with E-state index in [2.05, 4.69) is 57.3 Å². The first-order valence-corrected chi connectivity index (χ1v) is 11.7. The van der Waals surface area contributed by atoms with E-state index < -0.39 is 0 Å². The van der Waals surface area contributed by atoms with E-state index in [4.69, 9.17) is 4.74 Å². The van der Waals surface area contributed by atoms with Crippen molar-refractivity contribution in [3.63, 3.8) is 0 Å². The maximum atomic E-state index is 12.7. The monoisotopic (exact) mass is 427 g/mol. The van der Waals surface area contributed by atoms with Gasteiger partial charge in [-0.3, -0.25) is 4.79 Å². The summed E-state index contributed by atoms with van der Waals surface area (Å²) in [6.07, 6.45) is 3.94. The van der Waals surface area contributed by atoms with Crippen LogP contribution < -0.4 is 5.32 Å². The number of esters is 1. The first-order valence-electron chi connectivity index (χ1n) is 10.9. The van der Waals surface area contributed by atoms with Crippen LogP contribution in [0.25, 0.3) is 0 Å². The van der Waals surface area contributed by atoms with Crippen LogP contribution in [0.1, 0.15) is 72.5 Å². The molecule has 1 heterocycles. The number of nitrogens with one attached hydrogen (secondary N) is 1. The Morgan fingerprint density at radius 1 is 1.20 bits per heavy atom. The van der Waals surface area contributed by atoms with Crippen LogP contribution in [-0.4, -0.2) is 18.5 Å². The van der Waals surface area contributed by atoms with Gasteiger partial charge in [0.15, 0.2) is 0 Å². The van der Waals surface area contributed by atoms with Crippen LogP contribution in [0.3, 0.4) is 0 Å². The maximum Gasteiger partial charge on any atom is 0.341 e. The number of carbonyl (C=O) groups excluding carboxylic acids is 2. The van der Waals surface area contributed by atoms with E-state index in [1.807, 2.05) is 6.92 Å². The number of rotatable bonds is 6. The fourth-order valence-corrected chi connectivity index (χ4v) is 5.37. The average molecular weight is 428 g/mol. The van der Waals surface area contributed by atoms with Gasteiger partial charge in [0.1, 0.15) is 5.00 Å². The van der Waals surface area contributed by atoms with Crippen LogP contribution in [0.4, 0.5) is 5.00 Å². The van der Waals surface area contributed by atoms with Crippen molar-refractivity contribution in [2.24, 2.45) is 11.3 Å². The van der Waals surface area contributed by atoms with E-state index in [0.717, 1.165) is 30.4 Å². The molecule has 0 bridgehead atoms. The molecule has 1 atom stereocenters. The van der Waals surface area contributed by atoms with Gasteiger partial charge in [0.05, 0.1) is 12.2 Å². The zero-order chi connectivity index (χ0) is 21.9. The Hall–Kier alpha value is -2.14. The number of fused-ring (bicyclic) bond motifs is 1. The van der Waals surface area contributed by atoms with Gasteiger partial charge in [-0.05, 0) is 62.0 Å². The second-order valence-corrected chi connectivity index (χ2v) is 10.4. The molecule has 0 radical (unpaired) electrons. The van der Waals surface area contributed by atoms with Crippen LogP contribution in [0.15, 0.2) is 24.3 Å². The van der Waals surface area contributed by atoms with E-state index >= 15 is 0 Å². The van der Waals surface area contributed by atoms with Gasteiger partial charge in [-0.1, -0.05) is 50.6 Å². The van der Waals surface area contributed by atoms with Crippen molar-refractivity contribution < 1.29 is 14.3 Å². The largest absolute Gasteiger partial charge is 0.462 e. The highest BCUT2D eigenvalue weighted by atomic mass is 32.1. The van der Waals surface area contributed by atoms with Crippen LogP contribution in [0.5, 0.6) is 0 Å². The van der Waals surface area contributed by atoms with Crippen molar-refractivity contribution in [1.29, 1.82) is 0 Å². The lowest BCUT2D eigenvalue weighted by molar-refractivity contribution is -0.116. The molecular weight excluding hydrogens is 394 g/mol. The summed E-state index contributed by atoms with van der Waals surface area (Å²) < 4.78 is 5.33. The lowest BCUT2D eigenvalue weighted by Crippen LogP contribution is -2.26. The number of ether oxygens (including phenoxy) is 1. The first-order chi connectivity index (χ1) is 14.2. The zero-order valence-corrected chi connectivity index (χ0v) is 19.6. The molecule has 1 aromatic carbocycles. The van der Waals surface area contributed by atoms with Crippen LogP contribution in [0.2, 0.25) is 0 Å². The number of amides is 1. The number of carbonyl (C=O) groups is 2. The molecular formula is C25H33NO3S. The minimum Gasteiger partial charge on any atom is -0.462 e. The molecule has 2 aromatic rings.